The van der Waals surface area contributed by atoms with Gasteiger partial charge in [-0.1, -0.05) is 0 Å². The van der Waals surface area contributed by atoms with Crippen LogP contribution < -0.4 is 5.32 Å². The highest BCUT2D eigenvalue weighted by molar-refractivity contribution is 7.11. The summed E-state index contributed by atoms with van der Waals surface area (Å²) in [5, 5.41) is 3.86. The van der Waals surface area contributed by atoms with Crippen LogP contribution >= 0.6 is 11.3 Å². The van der Waals surface area contributed by atoms with Crippen LogP contribution in [0.5, 0.6) is 0 Å². The summed E-state index contributed by atoms with van der Waals surface area (Å²) < 4.78 is 5.49. The van der Waals surface area contributed by atoms with Gasteiger partial charge < -0.3 is 10.1 Å². The Morgan fingerprint density at radius 2 is 2.35 bits per heavy atom. The number of aromatic nitrogens is 1. The summed E-state index contributed by atoms with van der Waals surface area (Å²) >= 11 is 1.63. The van der Waals surface area contributed by atoms with Crippen molar-refractivity contribution < 1.29 is 9.53 Å². The zero-order chi connectivity index (χ0) is 12.5. The standard InChI is InChI=1S/C12H18N2O2S/c1-8-9(2)17-10(14-8)7-13-11(15)12(3)5-4-6-16-12/h4-7H2,1-3H3,(H,13,15)/t12-/m0/s1. The maximum atomic E-state index is 12.0. The largest absolute Gasteiger partial charge is 0.365 e. The van der Waals surface area contributed by atoms with Crippen LogP contribution in [0.15, 0.2) is 0 Å². The quantitative estimate of drug-likeness (QED) is 0.897. The molecule has 0 aromatic carbocycles. The molecule has 0 bridgehead atoms. The van der Waals surface area contributed by atoms with Crippen molar-refractivity contribution >= 4 is 17.2 Å². The Kier molecular flexibility index (Phi) is 3.49. The Bertz CT molecular complexity index is 403. The zero-order valence-corrected chi connectivity index (χ0v) is 11.3. The van der Waals surface area contributed by atoms with Crippen molar-refractivity contribution in [1.29, 1.82) is 0 Å². The second kappa shape index (κ2) is 4.74. The molecule has 0 saturated carbocycles. The summed E-state index contributed by atoms with van der Waals surface area (Å²) in [5.74, 6) is -0.0273. The van der Waals surface area contributed by atoms with E-state index in [9.17, 15) is 4.79 Å². The number of carbonyl (C=O) groups excluding carboxylic acids is 1. The number of carbonyl (C=O) groups is 1. The van der Waals surface area contributed by atoms with E-state index < -0.39 is 5.60 Å². The monoisotopic (exact) mass is 254 g/mol. The van der Waals surface area contributed by atoms with Crippen molar-refractivity contribution in [2.24, 2.45) is 0 Å². The van der Waals surface area contributed by atoms with Gasteiger partial charge in [-0.2, -0.15) is 0 Å². The zero-order valence-electron chi connectivity index (χ0n) is 10.5. The van der Waals surface area contributed by atoms with Crippen LogP contribution in [0, 0.1) is 13.8 Å². The molecule has 5 heteroatoms. The molecule has 2 heterocycles. The van der Waals surface area contributed by atoms with Crippen molar-refractivity contribution in [3.05, 3.63) is 15.6 Å². The minimum absolute atomic E-state index is 0.0273. The Morgan fingerprint density at radius 3 is 2.88 bits per heavy atom. The Morgan fingerprint density at radius 1 is 1.59 bits per heavy atom. The van der Waals surface area contributed by atoms with Crippen LogP contribution in [0.2, 0.25) is 0 Å². The fraction of sp³-hybridized carbons (Fsp3) is 0.667. The number of rotatable bonds is 3. The summed E-state index contributed by atoms with van der Waals surface area (Å²) in [6.07, 6.45) is 1.76. The lowest BCUT2D eigenvalue weighted by molar-refractivity contribution is -0.139. The molecule has 1 fully saturated rings. The number of thiazole rings is 1. The fourth-order valence-electron chi connectivity index (χ4n) is 1.92. The van der Waals surface area contributed by atoms with Gasteiger partial charge in [-0.15, -0.1) is 11.3 Å². The minimum Gasteiger partial charge on any atom is -0.365 e. The van der Waals surface area contributed by atoms with Gasteiger partial charge in [0.2, 0.25) is 0 Å². The van der Waals surface area contributed by atoms with Gasteiger partial charge in [-0.05, 0) is 33.6 Å². The van der Waals surface area contributed by atoms with Crippen LogP contribution in [0.25, 0.3) is 0 Å². The van der Waals surface area contributed by atoms with Crippen molar-refractivity contribution in [1.82, 2.24) is 10.3 Å². The molecule has 1 atom stereocenters. The molecule has 1 aliphatic heterocycles. The second-order valence-electron chi connectivity index (χ2n) is 4.61. The SMILES string of the molecule is Cc1nc(CNC(=O)[C@]2(C)CCCO2)sc1C. The molecule has 0 unspecified atom stereocenters. The third kappa shape index (κ3) is 2.66. The lowest BCUT2D eigenvalue weighted by Gasteiger charge is -2.21. The van der Waals surface area contributed by atoms with Gasteiger partial charge in [0, 0.05) is 11.5 Å². The van der Waals surface area contributed by atoms with Gasteiger partial charge in [-0.3, -0.25) is 4.79 Å². The summed E-state index contributed by atoms with van der Waals surface area (Å²) in [6, 6.07) is 0. The van der Waals surface area contributed by atoms with Gasteiger partial charge in [0.05, 0.1) is 12.2 Å². The van der Waals surface area contributed by atoms with Crippen molar-refractivity contribution in [3.8, 4) is 0 Å². The number of ether oxygens (including phenoxy) is 1. The first-order valence-electron chi connectivity index (χ1n) is 5.86. The maximum absolute atomic E-state index is 12.0. The average molecular weight is 254 g/mol. The summed E-state index contributed by atoms with van der Waals surface area (Å²) in [4.78, 5) is 17.6. The molecule has 4 nitrogen and oxygen atoms in total. The van der Waals surface area contributed by atoms with E-state index in [0.29, 0.717) is 13.2 Å². The van der Waals surface area contributed by atoms with Gasteiger partial charge in [-0.25, -0.2) is 4.98 Å². The molecule has 0 radical (unpaired) electrons. The number of hydrogen-bond donors (Lipinski definition) is 1. The van der Waals surface area contributed by atoms with Gasteiger partial charge in [0.1, 0.15) is 10.6 Å². The van der Waals surface area contributed by atoms with Gasteiger partial charge in [0.25, 0.3) is 5.91 Å². The summed E-state index contributed by atoms with van der Waals surface area (Å²) in [5.41, 5.74) is 0.407. The van der Waals surface area contributed by atoms with Crippen LogP contribution in [0.4, 0.5) is 0 Å². The van der Waals surface area contributed by atoms with Crippen LogP contribution in [-0.2, 0) is 16.1 Å². The van der Waals surface area contributed by atoms with E-state index in [1.165, 1.54) is 4.88 Å². The first-order chi connectivity index (χ1) is 8.01. The number of hydrogen-bond acceptors (Lipinski definition) is 4. The van der Waals surface area contributed by atoms with E-state index in [2.05, 4.69) is 10.3 Å². The van der Waals surface area contributed by atoms with E-state index in [1.54, 1.807) is 11.3 Å². The fourth-order valence-corrected chi connectivity index (χ4v) is 2.79. The molecule has 1 aromatic heterocycles. The minimum atomic E-state index is -0.638. The first kappa shape index (κ1) is 12.5. The highest BCUT2D eigenvalue weighted by atomic mass is 32.1. The smallest absolute Gasteiger partial charge is 0.252 e. The van der Waals surface area contributed by atoms with Crippen LogP contribution in [0.1, 0.15) is 35.3 Å². The topological polar surface area (TPSA) is 51.2 Å². The summed E-state index contributed by atoms with van der Waals surface area (Å²) in [7, 11) is 0. The molecular formula is C12H18N2O2S. The third-order valence-corrected chi connectivity index (χ3v) is 4.24. The molecule has 1 N–H and O–H groups in total. The molecule has 1 saturated heterocycles. The number of aryl methyl sites for hydroxylation is 2. The predicted molar refractivity (Wildman–Crippen MR) is 67.0 cm³/mol. The number of amides is 1. The molecule has 1 aliphatic rings. The second-order valence-corrected chi connectivity index (χ2v) is 5.90. The first-order valence-corrected chi connectivity index (χ1v) is 6.68. The Hall–Kier alpha value is -0.940. The van der Waals surface area contributed by atoms with Crippen molar-refractivity contribution in [3.63, 3.8) is 0 Å². The van der Waals surface area contributed by atoms with E-state index in [0.717, 1.165) is 23.5 Å². The third-order valence-electron chi connectivity index (χ3n) is 3.17. The van der Waals surface area contributed by atoms with Gasteiger partial charge >= 0.3 is 0 Å². The highest BCUT2D eigenvalue weighted by Gasteiger charge is 2.37. The molecule has 0 aliphatic carbocycles. The number of nitrogens with one attached hydrogen (secondary N) is 1. The van der Waals surface area contributed by atoms with Crippen LogP contribution in [-0.4, -0.2) is 23.1 Å². The molecule has 1 amide bonds. The molecule has 0 spiro atoms. The molecular weight excluding hydrogens is 236 g/mol. The predicted octanol–water partition coefficient (Wildman–Crippen LogP) is 1.95. The molecule has 17 heavy (non-hydrogen) atoms. The van der Waals surface area contributed by atoms with Gasteiger partial charge in [0.15, 0.2) is 0 Å². The van der Waals surface area contributed by atoms with E-state index in [-0.39, 0.29) is 5.91 Å². The van der Waals surface area contributed by atoms with Crippen molar-refractivity contribution in [2.45, 2.75) is 45.8 Å². The van der Waals surface area contributed by atoms with Crippen molar-refractivity contribution in [2.75, 3.05) is 6.61 Å². The number of nitrogens with zero attached hydrogens (tertiary/aromatic N) is 1. The molecule has 94 valence electrons. The summed E-state index contributed by atoms with van der Waals surface area (Å²) in [6.45, 7) is 7.06. The average Bonchev–Trinajstić information content (AvgIpc) is 2.85. The Balaban J connectivity index is 1.92. The Labute approximate surface area is 105 Å². The lowest BCUT2D eigenvalue weighted by Crippen LogP contribution is -2.43. The van der Waals surface area contributed by atoms with E-state index in [4.69, 9.17) is 4.74 Å². The highest BCUT2D eigenvalue weighted by Crippen LogP contribution is 2.25. The normalized spacial score (nSPS) is 23.9. The maximum Gasteiger partial charge on any atom is 0.252 e. The van der Waals surface area contributed by atoms with E-state index >= 15 is 0 Å². The molecule has 1 aromatic rings. The molecule has 2 rings (SSSR count). The lowest BCUT2D eigenvalue weighted by atomic mass is 10.0. The van der Waals surface area contributed by atoms with Crippen LogP contribution in [0.3, 0.4) is 0 Å². The van der Waals surface area contributed by atoms with E-state index in [1.807, 2.05) is 20.8 Å².